The highest BCUT2D eigenvalue weighted by Crippen LogP contribution is 2.38. The van der Waals surface area contributed by atoms with E-state index >= 15 is 0 Å². The summed E-state index contributed by atoms with van der Waals surface area (Å²) < 4.78 is 8.76. The molecule has 0 amide bonds. The second kappa shape index (κ2) is 13.0. The number of amidine groups is 2. The van der Waals surface area contributed by atoms with Crippen LogP contribution in [0.5, 0.6) is 0 Å². The molecule has 0 spiro atoms. The van der Waals surface area contributed by atoms with Gasteiger partial charge < -0.3 is 14.3 Å². The van der Waals surface area contributed by atoms with Crippen molar-refractivity contribution >= 4 is 55.4 Å². The van der Waals surface area contributed by atoms with Gasteiger partial charge in [0, 0.05) is 45.4 Å². The first-order chi connectivity index (χ1) is 25.2. The molecule has 2 aromatic heterocycles. The van der Waals surface area contributed by atoms with E-state index in [1.165, 1.54) is 21.8 Å². The Bertz CT molecular complexity index is 2740. The molecule has 7 aromatic carbocycles. The van der Waals surface area contributed by atoms with Crippen molar-refractivity contribution in [2.24, 2.45) is 9.98 Å². The molecule has 5 heteroatoms. The molecule has 0 aliphatic rings. The van der Waals surface area contributed by atoms with Gasteiger partial charge in [0.15, 0.2) is 0 Å². The molecule has 0 saturated heterocycles. The average Bonchev–Trinajstić information content (AvgIpc) is 3.74. The Labute approximate surface area is 295 Å². The van der Waals surface area contributed by atoms with Crippen LogP contribution in [0.1, 0.15) is 16.7 Å². The SMILES string of the molecule is CN=C(NC(=NCc1cccc2oc3ccc(-c4ccc5c(c4)c4ccccc4n5-c4ccccc4)cc3c12)c1ccccc1)c1ccccc1. The van der Waals surface area contributed by atoms with Gasteiger partial charge in [-0.15, -0.1) is 0 Å². The van der Waals surface area contributed by atoms with Crippen LogP contribution >= 0.6 is 0 Å². The topological polar surface area (TPSA) is 54.8 Å². The van der Waals surface area contributed by atoms with Crippen molar-refractivity contribution in [1.29, 1.82) is 0 Å². The lowest BCUT2D eigenvalue weighted by atomic mass is 9.99. The molecular formula is C46H34N4O. The van der Waals surface area contributed by atoms with Crippen molar-refractivity contribution in [2.75, 3.05) is 7.05 Å². The van der Waals surface area contributed by atoms with E-state index in [2.05, 4.69) is 124 Å². The average molecular weight is 659 g/mol. The molecule has 0 unspecified atom stereocenters. The van der Waals surface area contributed by atoms with E-state index < -0.39 is 0 Å². The predicted molar refractivity (Wildman–Crippen MR) is 212 cm³/mol. The van der Waals surface area contributed by atoms with Crippen LogP contribution in [0.15, 0.2) is 184 Å². The van der Waals surface area contributed by atoms with Gasteiger partial charge in [0.25, 0.3) is 0 Å². The van der Waals surface area contributed by atoms with Gasteiger partial charge in [-0.1, -0.05) is 121 Å². The number of furan rings is 1. The lowest BCUT2D eigenvalue weighted by molar-refractivity contribution is 0.668. The summed E-state index contributed by atoms with van der Waals surface area (Å²) in [5.41, 5.74) is 10.6. The van der Waals surface area contributed by atoms with Crippen LogP contribution in [0.2, 0.25) is 0 Å². The zero-order valence-corrected chi connectivity index (χ0v) is 28.1. The molecule has 0 bridgehead atoms. The van der Waals surface area contributed by atoms with E-state index in [0.29, 0.717) is 6.54 Å². The second-order valence-corrected chi connectivity index (χ2v) is 12.6. The third kappa shape index (κ3) is 5.55. The molecule has 0 saturated carbocycles. The number of aromatic nitrogens is 1. The number of hydrogen-bond acceptors (Lipinski definition) is 3. The smallest absolute Gasteiger partial charge is 0.135 e. The highest BCUT2D eigenvalue weighted by molar-refractivity contribution is 6.15. The molecule has 2 heterocycles. The Balaban J connectivity index is 1.13. The number of nitrogens with zero attached hydrogens (tertiary/aromatic N) is 3. The molecule has 9 rings (SSSR count). The van der Waals surface area contributed by atoms with E-state index in [1.54, 1.807) is 7.05 Å². The molecule has 0 aliphatic carbocycles. The zero-order valence-electron chi connectivity index (χ0n) is 28.1. The van der Waals surface area contributed by atoms with Crippen LogP contribution in [0, 0.1) is 0 Å². The molecule has 0 fully saturated rings. The second-order valence-electron chi connectivity index (χ2n) is 12.6. The van der Waals surface area contributed by atoms with E-state index in [1.807, 2.05) is 60.7 Å². The maximum Gasteiger partial charge on any atom is 0.135 e. The van der Waals surface area contributed by atoms with Gasteiger partial charge in [-0.05, 0) is 65.2 Å². The molecule has 51 heavy (non-hydrogen) atoms. The van der Waals surface area contributed by atoms with Crippen molar-refractivity contribution in [3.05, 3.63) is 187 Å². The van der Waals surface area contributed by atoms with Crippen LogP contribution in [0.4, 0.5) is 0 Å². The van der Waals surface area contributed by atoms with Gasteiger partial charge in [-0.3, -0.25) is 9.98 Å². The first-order valence-corrected chi connectivity index (χ1v) is 17.2. The maximum atomic E-state index is 6.41. The molecule has 0 atom stereocenters. The maximum absolute atomic E-state index is 6.41. The quantitative estimate of drug-likeness (QED) is 0.143. The van der Waals surface area contributed by atoms with Gasteiger partial charge in [0.05, 0.1) is 17.6 Å². The third-order valence-corrected chi connectivity index (χ3v) is 9.56. The minimum absolute atomic E-state index is 0.462. The van der Waals surface area contributed by atoms with Crippen molar-refractivity contribution < 1.29 is 4.42 Å². The summed E-state index contributed by atoms with van der Waals surface area (Å²) in [5.74, 6) is 1.52. The Hall–Kier alpha value is -6.72. The zero-order chi connectivity index (χ0) is 34.1. The minimum atomic E-state index is 0.462. The van der Waals surface area contributed by atoms with Crippen LogP contribution in [-0.2, 0) is 6.54 Å². The van der Waals surface area contributed by atoms with Crippen molar-refractivity contribution in [1.82, 2.24) is 9.88 Å². The number of hydrogen-bond donors (Lipinski definition) is 1. The van der Waals surface area contributed by atoms with Crippen molar-refractivity contribution in [2.45, 2.75) is 6.54 Å². The number of aliphatic imine (C=N–C) groups is 2. The molecule has 1 N–H and O–H groups in total. The summed E-state index contributed by atoms with van der Waals surface area (Å²) in [5, 5.41) is 8.15. The predicted octanol–water partition coefficient (Wildman–Crippen LogP) is 11.0. The fourth-order valence-corrected chi connectivity index (χ4v) is 7.15. The Morgan fingerprint density at radius 2 is 1.18 bits per heavy atom. The largest absolute Gasteiger partial charge is 0.456 e. The van der Waals surface area contributed by atoms with E-state index in [9.17, 15) is 0 Å². The summed E-state index contributed by atoms with van der Waals surface area (Å²) in [7, 11) is 1.80. The molecule has 0 aliphatic heterocycles. The van der Waals surface area contributed by atoms with Crippen molar-refractivity contribution in [3.63, 3.8) is 0 Å². The highest BCUT2D eigenvalue weighted by atomic mass is 16.3. The summed E-state index contributed by atoms with van der Waals surface area (Å²) in [6.07, 6.45) is 0. The Morgan fingerprint density at radius 3 is 1.92 bits per heavy atom. The number of benzene rings is 7. The fourth-order valence-electron chi connectivity index (χ4n) is 7.15. The third-order valence-electron chi connectivity index (χ3n) is 9.56. The molecular weight excluding hydrogens is 625 g/mol. The molecule has 5 nitrogen and oxygen atoms in total. The number of nitrogens with one attached hydrogen (secondary N) is 1. The van der Waals surface area contributed by atoms with Crippen LogP contribution in [-0.4, -0.2) is 23.3 Å². The monoisotopic (exact) mass is 658 g/mol. The minimum Gasteiger partial charge on any atom is -0.456 e. The first kappa shape index (κ1) is 30.3. The summed E-state index contributed by atoms with van der Waals surface area (Å²) in [4.78, 5) is 9.73. The lowest BCUT2D eigenvalue weighted by Gasteiger charge is -2.13. The van der Waals surface area contributed by atoms with E-state index in [-0.39, 0.29) is 0 Å². The summed E-state index contributed by atoms with van der Waals surface area (Å²) in [6.45, 7) is 0.462. The fraction of sp³-hybridized carbons (Fsp3) is 0.0435. The summed E-state index contributed by atoms with van der Waals surface area (Å²) >= 11 is 0. The van der Waals surface area contributed by atoms with Gasteiger partial charge >= 0.3 is 0 Å². The molecule has 9 aromatic rings. The van der Waals surface area contributed by atoms with Crippen LogP contribution in [0.25, 0.3) is 60.6 Å². The van der Waals surface area contributed by atoms with Crippen LogP contribution < -0.4 is 5.32 Å². The summed E-state index contributed by atoms with van der Waals surface area (Å²) in [6, 6.07) is 59.1. The van der Waals surface area contributed by atoms with Gasteiger partial charge in [0.2, 0.25) is 0 Å². The first-order valence-electron chi connectivity index (χ1n) is 17.2. The van der Waals surface area contributed by atoms with E-state index in [4.69, 9.17) is 9.41 Å². The Morgan fingerprint density at radius 1 is 0.549 bits per heavy atom. The normalized spacial score (nSPS) is 12.3. The Kier molecular flexibility index (Phi) is 7.71. The molecule has 0 radical (unpaired) electrons. The van der Waals surface area contributed by atoms with Crippen LogP contribution in [0.3, 0.4) is 0 Å². The van der Waals surface area contributed by atoms with Gasteiger partial charge in [-0.2, -0.15) is 0 Å². The standard InChI is InChI=1S/C46H34N4O/c1-47-45(31-14-5-2-6-15-31)49-46(32-16-7-3-8-17-32)48-30-35-18-13-23-43-44(35)39-29-34(25-27-42(39)51-43)33-24-26-41-38(28-33)37-21-11-12-22-40(37)50(41)36-19-9-4-10-20-36/h2-29H,30H2,1H3,(H,47,48,49). The highest BCUT2D eigenvalue weighted by Gasteiger charge is 2.16. The number of rotatable bonds is 6. The number of para-hydroxylation sites is 2. The lowest BCUT2D eigenvalue weighted by Crippen LogP contribution is -2.32. The van der Waals surface area contributed by atoms with Crippen molar-refractivity contribution in [3.8, 4) is 16.8 Å². The van der Waals surface area contributed by atoms with Gasteiger partial charge in [0.1, 0.15) is 22.8 Å². The number of fused-ring (bicyclic) bond motifs is 6. The molecule has 244 valence electrons. The van der Waals surface area contributed by atoms with E-state index in [0.717, 1.165) is 67.1 Å². The van der Waals surface area contributed by atoms with Gasteiger partial charge in [-0.25, -0.2) is 0 Å².